The third-order valence-corrected chi connectivity index (χ3v) is 2.28. The van der Waals surface area contributed by atoms with Crippen molar-refractivity contribution in [2.75, 3.05) is 13.1 Å². The van der Waals surface area contributed by atoms with E-state index >= 15 is 0 Å². The van der Waals surface area contributed by atoms with Gasteiger partial charge in [0.05, 0.1) is 0 Å². The lowest BCUT2D eigenvalue weighted by Gasteiger charge is -2.19. The van der Waals surface area contributed by atoms with Gasteiger partial charge in [0.15, 0.2) is 0 Å². The molecule has 1 rings (SSSR count). The molecule has 1 unspecified atom stereocenters. The smallest absolute Gasteiger partial charge is 0.412 e. The summed E-state index contributed by atoms with van der Waals surface area (Å²) in [5.74, 6) is 0.0617. The Morgan fingerprint density at radius 1 is 1.40 bits per heavy atom. The van der Waals surface area contributed by atoms with Crippen LogP contribution in [-0.2, 0) is 14.3 Å². The Morgan fingerprint density at radius 3 is 2.53 bits per heavy atom. The highest BCUT2D eigenvalue weighted by Crippen LogP contribution is 2.16. The molecule has 86 valence electrons. The Morgan fingerprint density at radius 2 is 2.07 bits per heavy atom. The molecule has 1 heterocycles. The van der Waals surface area contributed by atoms with Crippen LogP contribution in [0.5, 0.6) is 0 Å². The first-order valence-corrected chi connectivity index (χ1v) is 5.12. The standard InChI is InChI=1S/C10H17NO4/c1-7-4-5-11(6-7)10(13)15-9(3)14-8(2)12/h7,9H,4-6H2,1-3H3/t7-,9?/m0/s1. The van der Waals surface area contributed by atoms with Crippen molar-refractivity contribution >= 4 is 12.1 Å². The van der Waals surface area contributed by atoms with E-state index in [0.29, 0.717) is 19.0 Å². The number of nitrogens with zero attached hydrogens (tertiary/aromatic N) is 1. The van der Waals surface area contributed by atoms with E-state index in [1.165, 1.54) is 13.8 Å². The van der Waals surface area contributed by atoms with Gasteiger partial charge in [0.1, 0.15) is 0 Å². The minimum absolute atomic E-state index is 0.409. The zero-order valence-corrected chi connectivity index (χ0v) is 9.36. The Hall–Kier alpha value is -1.26. The topological polar surface area (TPSA) is 55.8 Å². The predicted octanol–water partition coefficient (Wildman–Crippen LogP) is 1.37. The molecule has 1 aliphatic heterocycles. The zero-order chi connectivity index (χ0) is 11.4. The second-order valence-electron chi connectivity index (χ2n) is 3.90. The number of ether oxygens (including phenoxy) is 2. The summed E-state index contributed by atoms with van der Waals surface area (Å²) in [7, 11) is 0. The number of amides is 1. The van der Waals surface area contributed by atoms with Gasteiger partial charge in [-0.05, 0) is 12.3 Å². The van der Waals surface area contributed by atoms with Crippen molar-refractivity contribution in [3.05, 3.63) is 0 Å². The molecule has 0 spiro atoms. The average Bonchev–Trinajstić information content (AvgIpc) is 2.49. The van der Waals surface area contributed by atoms with Crippen LogP contribution in [0.3, 0.4) is 0 Å². The van der Waals surface area contributed by atoms with Crippen LogP contribution in [0.15, 0.2) is 0 Å². The van der Waals surface area contributed by atoms with E-state index < -0.39 is 18.4 Å². The van der Waals surface area contributed by atoms with Crippen molar-refractivity contribution in [1.82, 2.24) is 4.90 Å². The average molecular weight is 215 g/mol. The molecule has 0 N–H and O–H groups in total. The molecule has 1 amide bonds. The number of esters is 1. The summed E-state index contributed by atoms with van der Waals surface area (Å²) in [5, 5.41) is 0. The van der Waals surface area contributed by atoms with Gasteiger partial charge in [-0.2, -0.15) is 0 Å². The quantitative estimate of drug-likeness (QED) is 0.515. The first-order valence-electron chi connectivity index (χ1n) is 5.12. The fraction of sp³-hybridized carbons (Fsp3) is 0.800. The van der Waals surface area contributed by atoms with E-state index in [1.807, 2.05) is 0 Å². The van der Waals surface area contributed by atoms with Crippen LogP contribution in [-0.4, -0.2) is 36.3 Å². The van der Waals surface area contributed by atoms with Crippen LogP contribution in [0, 0.1) is 5.92 Å². The highest BCUT2D eigenvalue weighted by molar-refractivity contribution is 5.69. The minimum Gasteiger partial charge on any atom is -0.426 e. The maximum atomic E-state index is 11.5. The van der Waals surface area contributed by atoms with Gasteiger partial charge < -0.3 is 14.4 Å². The number of carbonyl (C=O) groups is 2. The van der Waals surface area contributed by atoms with Gasteiger partial charge in [0, 0.05) is 26.9 Å². The molecule has 0 aliphatic carbocycles. The number of rotatable bonds is 2. The largest absolute Gasteiger partial charge is 0.426 e. The van der Waals surface area contributed by atoms with Crippen LogP contribution in [0.1, 0.15) is 27.2 Å². The Kier molecular flexibility index (Phi) is 3.94. The molecular formula is C10H17NO4. The SMILES string of the molecule is CC(=O)OC(C)OC(=O)N1CC[C@H](C)C1. The molecule has 5 heteroatoms. The molecule has 0 radical (unpaired) electrons. The fourth-order valence-corrected chi connectivity index (χ4v) is 1.58. The molecule has 0 aromatic rings. The maximum Gasteiger partial charge on any atom is 0.412 e. The molecule has 2 atom stereocenters. The highest BCUT2D eigenvalue weighted by Gasteiger charge is 2.25. The molecule has 0 saturated carbocycles. The van der Waals surface area contributed by atoms with Crippen molar-refractivity contribution < 1.29 is 19.1 Å². The van der Waals surface area contributed by atoms with Crippen LogP contribution in [0.2, 0.25) is 0 Å². The lowest BCUT2D eigenvalue weighted by atomic mass is 10.2. The van der Waals surface area contributed by atoms with Gasteiger partial charge in [-0.3, -0.25) is 4.79 Å². The summed E-state index contributed by atoms with van der Waals surface area (Å²) in [5.41, 5.74) is 0. The second kappa shape index (κ2) is 5.00. The summed E-state index contributed by atoms with van der Waals surface area (Å²) in [6, 6.07) is 0. The van der Waals surface area contributed by atoms with Gasteiger partial charge >= 0.3 is 12.1 Å². The van der Waals surface area contributed by atoms with Gasteiger partial charge in [-0.15, -0.1) is 0 Å². The summed E-state index contributed by atoms with van der Waals surface area (Å²) in [6.45, 7) is 6.32. The van der Waals surface area contributed by atoms with E-state index in [1.54, 1.807) is 4.90 Å². The van der Waals surface area contributed by atoms with Crippen LogP contribution >= 0.6 is 0 Å². The third-order valence-electron chi connectivity index (χ3n) is 2.28. The number of likely N-dealkylation sites (tertiary alicyclic amines) is 1. The molecule has 1 saturated heterocycles. The second-order valence-corrected chi connectivity index (χ2v) is 3.90. The first-order chi connectivity index (χ1) is 6.99. The summed E-state index contributed by atoms with van der Waals surface area (Å²) < 4.78 is 9.64. The monoisotopic (exact) mass is 215 g/mol. The maximum absolute atomic E-state index is 11.5. The highest BCUT2D eigenvalue weighted by atomic mass is 16.7. The van der Waals surface area contributed by atoms with E-state index in [9.17, 15) is 9.59 Å². The first kappa shape index (κ1) is 11.8. The normalized spacial score (nSPS) is 22.3. The molecule has 5 nitrogen and oxygen atoms in total. The number of hydrogen-bond acceptors (Lipinski definition) is 4. The Bertz CT molecular complexity index is 254. The van der Waals surface area contributed by atoms with Gasteiger partial charge in [0.25, 0.3) is 0 Å². The zero-order valence-electron chi connectivity index (χ0n) is 9.36. The van der Waals surface area contributed by atoms with Crippen LogP contribution in [0.4, 0.5) is 4.79 Å². The van der Waals surface area contributed by atoms with Crippen LogP contribution in [0.25, 0.3) is 0 Å². The predicted molar refractivity (Wildman–Crippen MR) is 53.1 cm³/mol. The molecule has 15 heavy (non-hydrogen) atoms. The minimum atomic E-state index is -0.814. The molecule has 1 aliphatic rings. The molecule has 0 aromatic heterocycles. The number of carbonyl (C=O) groups excluding carboxylic acids is 2. The van der Waals surface area contributed by atoms with Crippen molar-refractivity contribution in [2.24, 2.45) is 5.92 Å². The lowest BCUT2D eigenvalue weighted by molar-refractivity contribution is -0.163. The van der Waals surface area contributed by atoms with E-state index in [-0.39, 0.29) is 0 Å². The van der Waals surface area contributed by atoms with Gasteiger partial charge in [-0.1, -0.05) is 6.92 Å². The van der Waals surface area contributed by atoms with Gasteiger partial charge in [0.2, 0.25) is 6.29 Å². The summed E-state index contributed by atoms with van der Waals surface area (Å²) >= 11 is 0. The Balaban J connectivity index is 2.32. The van der Waals surface area contributed by atoms with Crippen molar-refractivity contribution in [2.45, 2.75) is 33.5 Å². The summed E-state index contributed by atoms with van der Waals surface area (Å²) in [4.78, 5) is 23.7. The van der Waals surface area contributed by atoms with Crippen LogP contribution < -0.4 is 0 Å². The van der Waals surface area contributed by atoms with Crippen molar-refractivity contribution in [1.29, 1.82) is 0 Å². The van der Waals surface area contributed by atoms with Crippen molar-refractivity contribution in [3.8, 4) is 0 Å². The van der Waals surface area contributed by atoms with Crippen molar-refractivity contribution in [3.63, 3.8) is 0 Å². The van der Waals surface area contributed by atoms with E-state index in [2.05, 4.69) is 6.92 Å². The van der Waals surface area contributed by atoms with E-state index in [4.69, 9.17) is 9.47 Å². The summed E-state index contributed by atoms with van der Waals surface area (Å²) in [6.07, 6.45) is -0.226. The Labute approximate surface area is 89.3 Å². The van der Waals surface area contributed by atoms with Gasteiger partial charge in [-0.25, -0.2) is 4.79 Å². The molecule has 1 fully saturated rings. The van der Waals surface area contributed by atoms with E-state index in [0.717, 1.165) is 6.42 Å². The molecule has 0 bridgehead atoms. The fourth-order valence-electron chi connectivity index (χ4n) is 1.58. The molecule has 0 aromatic carbocycles. The molecular weight excluding hydrogens is 198 g/mol. The third kappa shape index (κ3) is 3.77. The number of hydrogen-bond donors (Lipinski definition) is 0. The lowest BCUT2D eigenvalue weighted by Crippen LogP contribution is -2.33.